The van der Waals surface area contributed by atoms with Gasteiger partial charge in [0, 0.05) is 50.7 Å². The van der Waals surface area contributed by atoms with Gasteiger partial charge >= 0.3 is 0 Å². The van der Waals surface area contributed by atoms with Crippen molar-refractivity contribution in [1.82, 2.24) is 10.2 Å². The molecule has 25 heavy (non-hydrogen) atoms. The maximum absolute atomic E-state index is 12.3. The van der Waals surface area contributed by atoms with E-state index in [1.807, 2.05) is 4.90 Å². The van der Waals surface area contributed by atoms with E-state index < -0.39 is 0 Å². The van der Waals surface area contributed by atoms with Gasteiger partial charge in [-0.25, -0.2) is 0 Å². The van der Waals surface area contributed by atoms with Crippen molar-refractivity contribution < 1.29 is 9.59 Å². The molecule has 1 aromatic rings. The molecule has 136 valence electrons. The number of nitrogens with one attached hydrogen (secondary N) is 1. The molecule has 5 nitrogen and oxygen atoms in total. The lowest BCUT2D eigenvalue weighted by Gasteiger charge is -2.37. The first kappa shape index (κ1) is 17.8. The van der Waals surface area contributed by atoms with Crippen molar-refractivity contribution >= 4 is 17.5 Å². The van der Waals surface area contributed by atoms with Crippen LogP contribution in [0.25, 0.3) is 0 Å². The minimum absolute atomic E-state index is 0.111. The number of hydrogen-bond donors (Lipinski definition) is 1. The zero-order valence-corrected chi connectivity index (χ0v) is 15.5. The normalized spacial score (nSPS) is 22.7. The number of aryl methyl sites for hydroxylation is 1. The number of nitrogens with zero attached hydrogens (tertiary/aromatic N) is 2. The van der Waals surface area contributed by atoms with Gasteiger partial charge in [-0.05, 0) is 43.4 Å². The fourth-order valence-electron chi connectivity index (χ4n) is 3.54. The Labute approximate surface area is 150 Å². The summed E-state index contributed by atoms with van der Waals surface area (Å²) in [4.78, 5) is 28.4. The second kappa shape index (κ2) is 7.46. The molecule has 1 aliphatic carbocycles. The monoisotopic (exact) mass is 343 g/mol. The second-order valence-corrected chi connectivity index (χ2v) is 7.45. The molecule has 1 aliphatic heterocycles. The first-order valence-corrected chi connectivity index (χ1v) is 9.34. The average molecular weight is 343 g/mol. The molecular formula is C20H29N3O2. The summed E-state index contributed by atoms with van der Waals surface area (Å²) in [5.41, 5.74) is 3.90. The number of piperazine rings is 1. The Kier molecular flexibility index (Phi) is 5.30. The van der Waals surface area contributed by atoms with Crippen molar-refractivity contribution in [3.05, 3.63) is 29.3 Å². The predicted octanol–water partition coefficient (Wildman–Crippen LogP) is 2.11. The van der Waals surface area contributed by atoms with E-state index in [2.05, 4.69) is 49.2 Å². The minimum Gasteiger partial charge on any atom is -0.368 e. The van der Waals surface area contributed by atoms with E-state index in [1.165, 1.54) is 16.8 Å². The maximum atomic E-state index is 12.3. The largest absolute Gasteiger partial charge is 0.368 e. The second-order valence-electron chi connectivity index (χ2n) is 7.45. The third-order valence-corrected chi connectivity index (χ3v) is 5.63. The van der Waals surface area contributed by atoms with Gasteiger partial charge in [-0.2, -0.15) is 0 Å². The summed E-state index contributed by atoms with van der Waals surface area (Å²) in [7, 11) is 0. The van der Waals surface area contributed by atoms with Gasteiger partial charge in [-0.15, -0.1) is 0 Å². The highest BCUT2D eigenvalue weighted by Crippen LogP contribution is 2.37. The van der Waals surface area contributed by atoms with Gasteiger partial charge in [-0.1, -0.05) is 19.1 Å². The molecule has 1 saturated heterocycles. The number of benzene rings is 1. The van der Waals surface area contributed by atoms with Crippen LogP contribution in [0, 0.1) is 25.7 Å². The molecule has 0 spiro atoms. The molecule has 0 bridgehead atoms. The van der Waals surface area contributed by atoms with Gasteiger partial charge < -0.3 is 15.1 Å². The summed E-state index contributed by atoms with van der Waals surface area (Å²) in [6, 6.07) is 6.39. The van der Waals surface area contributed by atoms with Crippen LogP contribution in [0.15, 0.2) is 18.2 Å². The Morgan fingerprint density at radius 3 is 2.48 bits per heavy atom. The smallest absolute Gasteiger partial charge is 0.224 e. The van der Waals surface area contributed by atoms with Gasteiger partial charge in [0.25, 0.3) is 0 Å². The van der Waals surface area contributed by atoms with Crippen LogP contribution in [0.5, 0.6) is 0 Å². The van der Waals surface area contributed by atoms with E-state index in [9.17, 15) is 9.59 Å². The van der Waals surface area contributed by atoms with Crippen molar-refractivity contribution in [2.24, 2.45) is 11.8 Å². The third kappa shape index (κ3) is 4.14. The number of carbonyl (C=O) groups excluding carboxylic acids is 2. The summed E-state index contributed by atoms with van der Waals surface area (Å²) in [5, 5.41) is 2.90. The van der Waals surface area contributed by atoms with E-state index in [1.54, 1.807) is 0 Å². The van der Waals surface area contributed by atoms with Gasteiger partial charge in [0.05, 0.1) is 0 Å². The van der Waals surface area contributed by atoms with Crippen molar-refractivity contribution in [2.45, 2.75) is 33.6 Å². The molecule has 2 unspecified atom stereocenters. The van der Waals surface area contributed by atoms with Crippen LogP contribution in [0.4, 0.5) is 5.69 Å². The van der Waals surface area contributed by atoms with Crippen molar-refractivity contribution in [1.29, 1.82) is 0 Å². The summed E-state index contributed by atoms with van der Waals surface area (Å²) in [6.45, 7) is 10.1. The molecule has 2 amide bonds. The summed E-state index contributed by atoms with van der Waals surface area (Å²) < 4.78 is 0. The average Bonchev–Trinajstić information content (AvgIpc) is 3.34. The molecule has 5 heteroatoms. The third-order valence-electron chi connectivity index (χ3n) is 5.63. The van der Waals surface area contributed by atoms with Crippen LogP contribution in [0.2, 0.25) is 0 Å². The summed E-state index contributed by atoms with van der Waals surface area (Å²) in [6.07, 6.45) is 1.39. The van der Waals surface area contributed by atoms with Crippen molar-refractivity contribution in [2.75, 3.05) is 37.6 Å². The van der Waals surface area contributed by atoms with Crippen LogP contribution < -0.4 is 10.2 Å². The number of carbonyl (C=O) groups is 2. The van der Waals surface area contributed by atoms with E-state index in [0.717, 1.165) is 32.6 Å². The molecule has 1 aromatic carbocycles. The fraction of sp³-hybridized carbons (Fsp3) is 0.600. The predicted molar refractivity (Wildman–Crippen MR) is 99.6 cm³/mol. The van der Waals surface area contributed by atoms with Crippen molar-refractivity contribution in [3.8, 4) is 0 Å². The number of amides is 2. The number of anilines is 1. The summed E-state index contributed by atoms with van der Waals surface area (Å²) >= 11 is 0. The van der Waals surface area contributed by atoms with E-state index >= 15 is 0 Å². The van der Waals surface area contributed by atoms with E-state index in [4.69, 9.17) is 0 Å². The maximum Gasteiger partial charge on any atom is 0.224 e. The van der Waals surface area contributed by atoms with Crippen LogP contribution in [-0.2, 0) is 9.59 Å². The van der Waals surface area contributed by atoms with Crippen molar-refractivity contribution in [3.63, 3.8) is 0 Å². The fourth-order valence-corrected chi connectivity index (χ4v) is 3.54. The SMILES string of the molecule is Cc1cccc(N2CCN(C(=O)CCNC(=O)C3CC3C)CC2)c1C. The van der Waals surface area contributed by atoms with Crippen LogP contribution in [-0.4, -0.2) is 49.4 Å². The lowest BCUT2D eigenvalue weighted by atomic mass is 10.1. The highest BCUT2D eigenvalue weighted by atomic mass is 16.2. The van der Waals surface area contributed by atoms with E-state index in [0.29, 0.717) is 18.9 Å². The zero-order valence-electron chi connectivity index (χ0n) is 15.5. The topological polar surface area (TPSA) is 52.6 Å². The van der Waals surface area contributed by atoms with Gasteiger partial charge in [0.15, 0.2) is 0 Å². The van der Waals surface area contributed by atoms with Gasteiger partial charge in [0.2, 0.25) is 11.8 Å². The van der Waals surface area contributed by atoms with Gasteiger partial charge in [0.1, 0.15) is 0 Å². The number of rotatable bonds is 5. The molecule has 1 saturated carbocycles. The minimum atomic E-state index is 0.111. The van der Waals surface area contributed by atoms with Crippen LogP contribution >= 0.6 is 0 Å². The Hall–Kier alpha value is -2.04. The molecule has 1 heterocycles. The summed E-state index contributed by atoms with van der Waals surface area (Å²) in [5.74, 6) is 0.940. The molecule has 0 radical (unpaired) electrons. The lowest BCUT2D eigenvalue weighted by Crippen LogP contribution is -2.49. The molecule has 2 atom stereocenters. The highest BCUT2D eigenvalue weighted by molar-refractivity contribution is 5.82. The van der Waals surface area contributed by atoms with E-state index in [-0.39, 0.29) is 17.7 Å². The standard InChI is InChI=1S/C20H29N3O2/c1-14-5-4-6-18(16(14)3)22-9-11-23(12-10-22)19(24)7-8-21-20(25)17-13-15(17)2/h4-6,15,17H,7-13H2,1-3H3,(H,21,25). The Morgan fingerprint density at radius 2 is 1.84 bits per heavy atom. The molecular weight excluding hydrogens is 314 g/mol. The Bertz CT molecular complexity index is 650. The Morgan fingerprint density at radius 1 is 1.16 bits per heavy atom. The van der Waals surface area contributed by atoms with Crippen LogP contribution in [0.1, 0.15) is 30.9 Å². The quantitative estimate of drug-likeness (QED) is 0.891. The lowest BCUT2D eigenvalue weighted by molar-refractivity contribution is -0.131. The molecule has 3 rings (SSSR count). The number of hydrogen-bond acceptors (Lipinski definition) is 3. The first-order valence-electron chi connectivity index (χ1n) is 9.34. The molecule has 1 N–H and O–H groups in total. The zero-order chi connectivity index (χ0) is 18.0. The first-order chi connectivity index (χ1) is 12.0. The molecule has 2 fully saturated rings. The molecule has 0 aromatic heterocycles. The van der Waals surface area contributed by atoms with Gasteiger partial charge in [-0.3, -0.25) is 9.59 Å². The Balaban J connectivity index is 1.43. The highest BCUT2D eigenvalue weighted by Gasteiger charge is 2.38. The van der Waals surface area contributed by atoms with Crippen LogP contribution in [0.3, 0.4) is 0 Å². The molecule has 2 aliphatic rings.